The summed E-state index contributed by atoms with van der Waals surface area (Å²) < 4.78 is 0. The highest BCUT2D eigenvalue weighted by Gasteiger charge is 2.41. The molecule has 0 aliphatic heterocycles. The lowest BCUT2D eigenvalue weighted by Crippen LogP contribution is -2.49. The molecule has 0 amide bonds. The van der Waals surface area contributed by atoms with Gasteiger partial charge in [-0.2, -0.15) is 0 Å². The Morgan fingerprint density at radius 1 is 1.04 bits per heavy atom. The van der Waals surface area contributed by atoms with Gasteiger partial charge in [-0.05, 0) is 68.5 Å². The van der Waals surface area contributed by atoms with Crippen LogP contribution in [0.1, 0.15) is 43.2 Å². The summed E-state index contributed by atoms with van der Waals surface area (Å²) in [6.45, 7) is 4.79. The van der Waals surface area contributed by atoms with E-state index in [0.29, 0.717) is 12.0 Å². The molecule has 1 aliphatic rings. The standard InChI is InChI=1S/C25H33NO/c1-2-3-18-26-24-15-17-25(27,16-14-21-10-6-4-7-11-21)23(20-24)19-22-12-8-5-9-13-22/h2,4-13,23-24,26-27H,1,3,14-20H2. The van der Waals surface area contributed by atoms with Gasteiger partial charge in [0, 0.05) is 6.04 Å². The van der Waals surface area contributed by atoms with Crippen molar-refractivity contribution < 1.29 is 5.11 Å². The Bertz CT molecular complexity index is 684. The molecule has 3 atom stereocenters. The summed E-state index contributed by atoms with van der Waals surface area (Å²) in [4.78, 5) is 0. The first-order valence-electron chi connectivity index (χ1n) is 10.3. The second-order valence-corrected chi connectivity index (χ2v) is 7.98. The number of hydrogen-bond acceptors (Lipinski definition) is 2. The van der Waals surface area contributed by atoms with Crippen LogP contribution in [0, 0.1) is 5.92 Å². The molecule has 2 aromatic carbocycles. The second-order valence-electron chi connectivity index (χ2n) is 7.98. The molecule has 144 valence electrons. The topological polar surface area (TPSA) is 32.3 Å². The van der Waals surface area contributed by atoms with Crippen molar-refractivity contribution in [1.82, 2.24) is 5.32 Å². The number of nitrogens with one attached hydrogen (secondary N) is 1. The van der Waals surface area contributed by atoms with E-state index in [4.69, 9.17) is 0 Å². The summed E-state index contributed by atoms with van der Waals surface area (Å²) in [6, 6.07) is 21.7. The van der Waals surface area contributed by atoms with Crippen LogP contribution in [-0.4, -0.2) is 23.3 Å². The van der Waals surface area contributed by atoms with E-state index in [-0.39, 0.29) is 0 Å². The monoisotopic (exact) mass is 363 g/mol. The van der Waals surface area contributed by atoms with Gasteiger partial charge in [-0.25, -0.2) is 0 Å². The second kappa shape index (κ2) is 9.87. The van der Waals surface area contributed by atoms with Crippen LogP contribution in [0.2, 0.25) is 0 Å². The van der Waals surface area contributed by atoms with Crippen LogP contribution in [0.4, 0.5) is 0 Å². The Balaban J connectivity index is 1.68. The van der Waals surface area contributed by atoms with Crippen LogP contribution in [0.25, 0.3) is 0 Å². The first-order valence-corrected chi connectivity index (χ1v) is 10.3. The smallest absolute Gasteiger partial charge is 0.0683 e. The molecule has 3 rings (SSSR count). The molecule has 2 nitrogen and oxygen atoms in total. The lowest BCUT2D eigenvalue weighted by molar-refractivity contribution is -0.0617. The van der Waals surface area contributed by atoms with Crippen molar-refractivity contribution in [2.45, 2.75) is 56.6 Å². The van der Waals surface area contributed by atoms with Crippen LogP contribution in [0.15, 0.2) is 73.3 Å². The molecular formula is C25H33NO. The number of benzene rings is 2. The molecular weight excluding hydrogens is 330 g/mol. The van der Waals surface area contributed by atoms with Gasteiger partial charge in [-0.3, -0.25) is 0 Å². The highest BCUT2D eigenvalue weighted by molar-refractivity contribution is 5.18. The van der Waals surface area contributed by atoms with E-state index in [0.717, 1.165) is 51.5 Å². The number of aryl methyl sites for hydroxylation is 1. The van der Waals surface area contributed by atoms with Gasteiger partial charge in [0.1, 0.15) is 0 Å². The minimum atomic E-state index is -0.581. The van der Waals surface area contributed by atoms with Gasteiger partial charge in [0.25, 0.3) is 0 Å². The van der Waals surface area contributed by atoms with E-state index >= 15 is 0 Å². The Kier molecular flexibility index (Phi) is 7.25. The van der Waals surface area contributed by atoms with Crippen molar-refractivity contribution in [1.29, 1.82) is 0 Å². The molecule has 2 N–H and O–H groups in total. The fourth-order valence-corrected chi connectivity index (χ4v) is 4.39. The zero-order valence-electron chi connectivity index (χ0n) is 16.3. The minimum Gasteiger partial charge on any atom is -0.390 e. The van der Waals surface area contributed by atoms with Crippen molar-refractivity contribution >= 4 is 0 Å². The van der Waals surface area contributed by atoms with Crippen LogP contribution in [-0.2, 0) is 12.8 Å². The van der Waals surface area contributed by atoms with Crippen molar-refractivity contribution in [3.8, 4) is 0 Å². The third-order valence-electron chi connectivity index (χ3n) is 6.05. The third kappa shape index (κ3) is 5.79. The third-order valence-corrected chi connectivity index (χ3v) is 6.05. The van der Waals surface area contributed by atoms with Gasteiger partial charge in [0.2, 0.25) is 0 Å². The van der Waals surface area contributed by atoms with Crippen molar-refractivity contribution in [3.63, 3.8) is 0 Å². The van der Waals surface area contributed by atoms with Gasteiger partial charge in [0.05, 0.1) is 5.60 Å². The Morgan fingerprint density at radius 2 is 1.70 bits per heavy atom. The Morgan fingerprint density at radius 3 is 2.37 bits per heavy atom. The molecule has 0 saturated heterocycles. The number of aliphatic hydroxyl groups is 1. The highest BCUT2D eigenvalue weighted by atomic mass is 16.3. The van der Waals surface area contributed by atoms with Gasteiger partial charge in [-0.1, -0.05) is 66.7 Å². The SMILES string of the molecule is C=CCCNC1CCC(O)(CCc2ccccc2)C(Cc2ccccc2)C1. The van der Waals surface area contributed by atoms with Crippen molar-refractivity contribution in [2.24, 2.45) is 5.92 Å². The molecule has 0 radical (unpaired) electrons. The molecule has 1 saturated carbocycles. The zero-order valence-corrected chi connectivity index (χ0v) is 16.3. The quantitative estimate of drug-likeness (QED) is 0.489. The van der Waals surface area contributed by atoms with Crippen LogP contribution < -0.4 is 5.32 Å². The first-order chi connectivity index (χ1) is 13.2. The zero-order chi connectivity index (χ0) is 19.0. The van der Waals surface area contributed by atoms with Gasteiger partial charge in [-0.15, -0.1) is 6.58 Å². The first kappa shape index (κ1) is 19.9. The van der Waals surface area contributed by atoms with E-state index in [2.05, 4.69) is 72.6 Å². The van der Waals surface area contributed by atoms with Crippen molar-refractivity contribution in [3.05, 3.63) is 84.4 Å². The molecule has 0 aromatic heterocycles. The lowest BCUT2D eigenvalue weighted by atomic mass is 9.68. The molecule has 3 unspecified atom stereocenters. The lowest BCUT2D eigenvalue weighted by Gasteiger charge is -2.44. The van der Waals surface area contributed by atoms with Gasteiger partial charge >= 0.3 is 0 Å². The average Bonchev–Trinajstić information content (AvgIpc) is 2.71. The maximum atomic E-state index is 11.6. The minimum absolute atomic E-state index is 0.290. The maximum Gasteiger partial charge on any atom is 0.0683 e. The van der Waals surface area contributed by atoms with Gasteiger partial charge < -0.3 is 10.4 Å². The molecule has 0 heterocycles. The predicted molar refractivity (Wildman–Crippen MR) is 114 cm³/mol. The van der Waals surface area contributed by atoms with Crippen LogP contribution in [0.3, 0.4) is 0 Å². The summed E-state index contributed by atoms with van der Waals surface area (Å²) in [5, 5.41) is 15.3. The molecule has 2 aromatic rings. The van der Waals surface area contributed by atoms with E-state index in [1.54, 1.807) is 0 Å². The van der Waals surface area contributed by atoms with E-state index in [1.165, 1.54) is 11.1 Å². The molecule has 1 fully saturated rings. The molecule has 27 heavy (non-hydrogen) atoms. The predicted octanol–water partition coefficient (Wildman–Crippen LogP) is 4.93. The normalized spacial score (nSPS) is 25.2. The summed E-state index contributed by atoms with van der Waals surface area (Å²) in [6.07, 6.45) is 8.66. The number of rotatable bonds is 9. The summed E-state index contributed by atoms with van der Waals surface area (Å²) >= 11 is 0. The van der Waals surface area contributed by atoms with E-state index < -0.39 is 5.60 Å². The van der Waals surface area contributed by atoms with Crippen molar-refractivity contribution in [2.75, 3.05) is 6.54 Å². The fourth-order valence-electron chi connectivity index (χ4n) is 4.39. The van der Waals surface area contributed by atoms with E-state index in [1.807, 2.05) is 6.08 Å². The van der Waals surface area contributed by atoms with Crippen LogP contribution >= 0.6 is 0 Å². The molecule has 0 bridgehead atoms. The largest absolute Gasteiger partial charge is 0.390 e. The highest BCUT2D eigenvalue weighted by Crippen LogP contribution is 2.39. The summed E-state index contributed by atoms with van der Waals surface area (Å²) in [7, 11) is 0. The molecule has 2 heteroatoms. The fraction of sp³-hybridized carbons (Fsp3) is 0.440. The molecule has 1 aliphatic carbocycles. The maximum absolute atomic E-state index is 11.6. The summed E-state index contributed by atoms with van der Waals surface area (Å²) in [5.74, 6) is 0.290. The summed E-state index contributed by atoms with van der Waals surface area (Å²) in [5.41, 5.74) is 2.06. The molecule has 0 spiro atoms. The average molecular weight is 364 g/mol. The number of hydrogen-bond donors (Lipinski definition) is 2. The van der Waals surface area contributed by atoms with E-state index in [9.17, 15) is 5.11 Å². The Hall–Kier alpha value is -1.90. The van der Waals surface area contributed by atoms with Gasteiger partial charge in [0.15, 0.2) is 0 Å². The van der Waals surface area contributed by atoms with Crippen LogP contribution in [0.5, 0.6) is 0 Å². The Labute approximate surface area is 164 Å².